The number of carbonyl (C=O) groups is 1. The lowest BCUT2D eigenvalue weighted by molar-refractivity contribution is 0.0827. The van der Waals surface area contributed by atoms with Gasteiger partial charge in [-0.2, -0.15) is 0 Å². The van der Waals surface area contributed by atoms with E-state index in [0.717, 1.165) is 31.2 Å². The van der Waals surface area contributed by atoms with Gasteiger partial charge in [0.1, 0.15) is 0 Å². The standard InChI is InChI=1S/C19H27N5O.HI/c1-4-20-19(21-11-14-24-12-5-6-13-24)22-15-16-7-9-17(10-8-16)18(25)23(2)3;/h5-10,12-13H,4,11,14-15H2,1-3H3,(H2,20,21,22);1H. The quantitative estimate of drug-likeness (QED) is 0.373. The van der Waals surface area contributed by atoms with E-state index in [2.05, 4.69) is 20.2 Å². The highest BCUT2D eigenvalue weighted by Crippen LogP contribution is 2.07. The van der Waals surface area contributed by atoms with Crippen molar-refractivity contribution in [2.75, 3.05) is 27.2 Å². The average Bonchev–Trinajstić information content (AvgIpc) is 3.13. The maximum atomic E-state index is 11.9. The number of nitrogens with one attached hydrogen (secondary N) is 2. The van der Waals surface area contributed by atoms with Crippen LogP contribution in [0.25, 0.3) is 0 Å². The highest BCUT2D eigenvalue weighted by atomic mass is 127. The first-order valence-corrected chi connectivity index (χ1v) is 8.53. The summed E-state index contributed by atoms with van der Waals surface area (Å²) in [6.07, 6.45) is 4.09. The van der Waals surface area contributed by atoms with Crippen molar-refractivity contribution >= 4 is 35.8 Å². The third-order valence-electron chi connectivity index (χ3n) is 3.70. The van der Waals surface area contributed by atoms with E-state index < -0.39 is 0 Å². The van der Waals surface area contributed by atoms with Crippen LogP contribution >= 0.6 is 24.0 Å². The number of aliphatic imine (C=N–C) groups is 1. The predicted molar refractivity (Wildman–Crippen MR) is 117 cm³/mol. The maximum Gasteiger partial charge on any atom is 0.253 e. The molecule has 0 fully saturated rings. The lowest BCUT2D eigenvalue weighted by Gasteiger charge is -2.12. The normalized spacial score (nSPS) is 10.8. The number of rotatable bonds is 7. The Morgan fingerprint density at radius 3 is 2.35 bits per heavy atom. The van der Waals surface area contributed by atoms with Crippen LogP contribution in [0.5, 0.6) is 0 Å². The van der Waals surface area contributed by atoms with E-state index in [1.807, 2.05) is 55.7 Å². The minimum Gasteiger partial charge on any atom is -0.357 e. The Labute approximate surface area is 172 Å². The first kappa shape index (κ1) is 22.0. The van der Waals surface area contributed by atoms with E-state index in [1.165, 1.54) is 0 Å². The monoisotopic (exact) mass is 469 g/mol. The minimum atomic E-state index is 0. The second kappa shape index (κ2) is 11.6. The van der Waals surface area contributed by atoms with Gasteiger partial charge in [-0.3, -0.25) is 4.79 Å². The molecule has 0 aliphatic carbocycles. The van der Waals surface area contributed by atoms with Crippen molar-refractivity contribution in [2.45, 2.75) is 20.0 Å². The number of hydrogen-bond acceptors (Lipinski definition) is 2. The minimum absolute atomic E-state index is 0. The highest BCUT2D eigenvalue weighted by Gasteiger charge is 2.07. The van der Waals surface area contributed by atoms with Crippen molar-refractivity contribution in [2.24, 2.45) is 4.99 Å². The summed E-state index contributed by atoms with van der Waals surface area (Å²) in [6, 6.07) is 11.6. The van der Waals surface area contributed by atoms with Crippen LogP contribution in [0.1, 0.15) is 22.8 Å². The Balaban J connectivity index is 0.00000338. The molecular weight excluding hydrogens is 441 g/mol. The summed E-state index contributed by atoms with van der Waals surface area (Å²) >= 11 is 0. The van der Waals surface area contributed by atoms with E-state index in [9.17, 15) is 4.79 Å². The number of amides is 1. The molecule has 1 heterocycles. The number of benzene rings is 1. The molecule has 2 N–H and O–H groups in total. The summed E-state index contributed by atoms with van der Waals surface area (Å²) in [5, 5.41) is 6.58. The molecule has 1 aromatic carbocycles. The first-order chi connectivity index (χ1) is 12.1. The molecule has 1 aromatic heterocycles. The molecular formula is C19H28IN5O. The molecule has 1 amide bonds. The summed E-state index contributed by atoms with van der Waals surface area (Å²) in [6.45, 7) is 5.11. The second-order valence-corrected chi connectivity index (χ2v) is 5.94. The number of nitrogens with zero attached hydrogens (tertiary/aromatic N) is 3. The van der Waals surface area contributed by atoms with Gasteiger partial charge in [-0.05, 0) is 36.8 Å². The van der Waals surface area contributed by atoms with Gasteiger partial charge >= 0.3 is 0 Å². The van der Waals surface area contributed by atoms with Gasteiger partial charge in [0.25, 0.3) is 5.91 Å². The second-order valence-electron chi connectivity index (χ2n) is 5.94. The van der Waals surface area contributed by atoms with Crippen LogP contribution in [-0.2, 0) is 13.1 Å². The number of halogens is 1. The zero-order valence-corrected chi connectivity index (χ0v) is 17.9. The van der Waals surface area contributed by atoms with Gasteiger partial charge in [-0.1, -0.05) is 12.1 Å². The number of guanidine groups is 1. The van der Waals surface area contributed by atoms with E-state index in [0.29, 0.717) is 12.1 Å². The SMILES string of the molecule is CCNC(=NCc1ccc(C(=O)N(C)C)cc1)NCCn1cccc1.I. The largest absolute Gasteiger partial charge is 0.357 e. The van der Waals surface area contributed by atoms with E-state index in [4.69, 9.17) is 0 Å². The van der Waals surface area contributed by atoms with Crippen molar-refractivity contribution in [1.82, 2.24) is 20.1 Å². The van der Waals surface area contributed by atoms with Crippen molar-refractivity contribution in [3.8, 4) is 0 Å². The van der Waals surface area contributed by atoms with Crippen molar-refractivity contribution in [3.63, 3.8) is 0 Å². The molecule has 0 unspecified atom stereocenters. The predicted octanol–water partition coefficient (Wildman–Crippen LogP) is 2.56. The zero-order valence-electron chi connectivity index (χ0n) is 15.6. The fourth-order valence-corrected chi connectivity index (χ4v) is 2.35. The van der Waals surface area contributed by atoms with Crippen molar-refractivity contribution in [3.05, 3.63) is 59.9 Å². The van der Waals surface area contributed by atoms with Gasteiger partial charge in [-0.25, -0.2) is 4.99 Å². The average molecular weight is 469 g/mol. The molecule has 0 radical (unpaired) electrons. The maximum absolute atomic E-state index is 11.9. The molecule has 142 valence electrons. The highest BCUT2D eigenvalue weighted by molar-refractivity contribution is 14.0. The molecule has 7 heteroatoms. The van der Waals surface area contributed by atoms with Gasteiger partial charge in [0.15, 0.2) is 5.96 Å². The molecule has 0 bridgehead atoms. The molecule has 0 saturated heterocycles. The number of carbonyl (C=O) groups excluding carboxylic acids is 1. The summed E-state index contributed by atoms with van der Waals surface area (Å²) in [5.41, 5.74) is 1.76. The van der Waals surface area contributed by atoms with Gasteiger partial charge < -0.3 is 20.1 Å². The van der Waals surface area contributed by atoms with Gasteiger partial charge in [0, 0.05) is 51.7 Å². The first-order valence-electron chi connectivity index (χ1n) is 8.53. The number of hydrogen-bond donors (Lipinski definition) is 2. The van der Waals surface area contributed by atoms with E-state index in [-0.39, 0.29) is 29.9 Å². The van der Waals surface area contributed by atoms with Crippen LogP contribution in [-0.4, -0.2) is 48.5 Å². The Morgan fingerprint density at radius 1 is 1.12 bits per heavy atom. The van der Waals surface area contributed by atoms with Gasteiger partial charge in [0.2, 0.25) is 0 Å². The van der Waals surface area contributed by atoms with Gasteiger partial charge in [-0.15, -0.1) is 24.0 Å². The molecule has 26 heavy (non-hydrogen) atoms. The molecule has 2 rings (SSSR count). The third kappa shape index (κ3) is 7.07. The summed E-state index contributed by atoms with van der Waals surface area (Å²) < 4.78 is 2.12. The molecule has 2 aromatic rings. The lowest BCUT2D eigenvalue weighted by Crippen LogP contribution is -2.38. The summed E-state index contributed by atoms with van der Waals surface area (Å²) in [5.74, 6) is 0.804. The number of aromatic nitrogens is 1. The molecule has 0 spiro atoms. The molecule has 0 aliphatic rings. The Hall–Kier alpha value is -2.03. The van der Waals surface area contributed by atoms with Crippen LogP contribution in [0.15, 0.2) is 53.8 Å². The van der Waals surface area contributed by atoms with Crippen LogP contribution in [0.4, 0.5) is 0 Å². The Morgan fingerprint density at radius 2 is 1.77 bits per heavy atom. The fourth-order valence-electron chi connectivity index (χ4n) is 2.35. The zero-order chi connectivity index (χ0) is 18.1. The van der Waals surface area contributed by atoms with E-state index >= 15 is 0 Å². The molecule has 0 saturated carbocycles. The van der Waals surface area contributed by atoms with Crippen LogP contribution in [0.2, 0.25) is 0 Å². The third-order valence-corrected chi connectivity index (χ3v) is 3.70. The molecule has 0 atom stereocenters. The van der Waals surface area contributed by atoms with Crippen molar-refractivity contribution in [1.29, 1.82) is 0 Å². The molecule has 0 aliphatic heterocycles. The van der Waals surface area contributed by atoms with Crippen LogP contribution in [0.3, 0.4) is 0 Å². The van der Waals surface area contributed by atoms with Crippen LogP contribution in [0, 0.1) is 0 Å². The van der Waals surface area contributed by atoms with Gasteiger partial charge in [0.05, 0.1) is 6.54 Å². The van der Waals surface area contributed by atoms with Crippen molar-refractivity contribution < 1.29 is 4.79 Å². The summed E-state index contributed by atoms with van der Waals surface area (Å²) in [7, 11) is 3.51. The topological polar surface area (TPSA) is 61.7 Å². The smallest absolute Gasteiger partial charge is 0.253 e. The fraction of sp³-hybridized carbons (Fsp3) is 0.368. The lowest BCUT2D eigenvalue weighted by atomic mass is 10.1. The van der Waals surface area contributed by atoms with E-state index in [1.54, 1.807) is 19.0 Å². The van der Waals surface area contributed by atoms with Crippen LogP contribution < -0.4 is 10.6 Å². The molecule has 6 nitrogen and oxygen atoms in total. The Bertz CT molecular complexity index is 680. The Kier molecular flexibility index (Phi) is 9.79. The summed E-state index contributed by atoms with van der Waals surface area (Å²) in [4.78, 5) is 18.1.